The molecule has 130 valence electrons. The Labute approximate surface area is 150 Å². The Bertz CT molecular complexity index is 770. The van der Waals surface area contributed by atoms with E-state index in [0.29, 0.717) is 5.92 Å². The molecule has 0 heterocycles. The number of nitrogens with zero attached hydrogens (tertiary/aromatic N) is 1. The monoisotopic (exact) mass is 334 g/mol. The molecule has 3 nitrogen and oxygen atoms in total. The molecule has 0 aromatic heterocycles. The Hall–Kier alpha value is -2.42. The lowest BCUT2D eigenvalue weighted by Gasteiger charge is -2.19. The average molecular weight is 334 g/mol. The highest BCUT2D eigenvalue weighted by atomic mass is 16.2. The molecule has 0 bridgehead atoms. The molecule has 0 spiro atoms. The van der Waals surface area contributed by atoms with E-state index in [-0.39, 0.29) is 17.2 Å². The Morgan fingerprint density at radius 1 is 1.04 bits per heavy atom. The molecule has 1 amide bonds. The van der Waals surface area contributed by atoms with Crippen molar-refractivity contribution in [1.82, 2.24) is 5.43 Å². The summed E-state index contributed by atoms with van der Waals surface area (Å²) in [6.07, 6.45) is 0.903. The average Bonchev–Trinajstić information content (AvgIpc) is 3.40. The highest BCUT2D eigenvalue weighted by Crippen LogP contribution is 2.47. The zero-order chi connectivity index (χ0) is 18.0. The van der Waals surface area contributed by atoms with Crippen molar-refractivity contribution in [2.24, 2.45) is 11.0 Å². The van der Waals surface area contributed by atoms with E-state index in [2.05, 4.69) is 55.6 Å². The van der Waals surface area contributed by atoms with E-state index in [9.17, 15) is 4.79 Å². The molecule has 3 heteroatoms. The summed E-state index contributed by atoms with van der Waals surface area (Å²) in [4.78, 5) is 12.3. The SMILES string of the molecule is CC(=NNC(=O)C1CC1c1ccc(C(C)(C)C)cc1)c1ccccc1. The van der Waals surface area contributed by atoms with Gasteiger partial charge >= 0.3 is 0 Å². The van der Waals surface area contributed by atoms with E-state index in [1.807, 2.05) is 37.3 Å². The van der Waals surface area contributed by atoms with Crippen molar-refractivity contribution < 1.29 is 4.79 Å². The molecule has 1 aliphatic rings. The van der Waals surface area contributed by atoms with Gasteiger partial charge in [0, 0.05) is 5.92 Å². The number of hydrazone groups is 1. The van der Waals surface area contributed by atoms with Crippen LogP contribution in [0.15, 0.2) is 59.7 Å². The van der Waals surface area contributed by atoms with Crippen LogP contribution >= 0.6 is 0 Å². The lowest BCUT2D eigenvalue weighted by molar-refractivity contribution is -0.122. The number of carbonyl (C=O) groups excluding carboxylic acids is 1. The van der Waals surface area contributed by atoms with Crippen molar-refractivity contribution in [3.8, 4) is 0 Å². The van der Waals surface area contributed by atoms with Crippen LogP contribution in [0.2, 0.25) is 0 Å². The van der Waals surface area contributed by atoms with Crippen molar-refractivity contribution in [2.45, 2.75) is 45.4 Å². The van der Waals surface area contributed by atoms with Crippen molar-refractivity contribution in [1.29, 1.82) is 0 Å². The van der Waals surface area contributed by atoms with Gasteiger partial charge in [-0.2, -0.15) is 5.10 Å². The van der Waals surface area contributed by atoms with E-state index in [1.165, 1.54) is 11.1 Å². The lowest BCUT2D eigenvalue weighted by Crippen LogP contribution is -2.21. The molecule has 2 unspecified atom stereocenters. The zero-order valence-electron chi connectivity index (χ0n) is 15.4. The molecule has 3 rings (SSSR count). The largest absolute Gasteiger partial charge is 0.273 e. The molecule has 1 fully saturated rings. The van der Waals surface area contributed by atoms with Gasteiger partial charge < -0.3 is 0 Å². The number of carbonyl (C=O) groups is 1. The fraction of sp³-hybridized carbons (Fsp3) is 0.364. The molecule has 2 aromatic rings. The van der Waals surface area contributed by atoms with E-state index in [0.717, 1.165) is 17.7 Å². The van der Waals surface area contributed by atoms with Gasteiger partial charge in [0.05, 0.1) is 5.71 Å². The van der Waals surface area contributed by atoms with Crippen molar-refractivity contribution in [3.63, 3.8) is 0 Å². The van der Waals surface area contributed by atoms with Crippen LogP contribution in [-0.2, 0) is 10.2 Å². The summed E-state index contributed by atoms with van der Waals surface area (Å²) in [6, 6.07) is 18.6. The topological polar surface area (TPSA) is 41.5 Å². The zero-order valence-corrected chi connectivity index (χ0v) is 15.4. The van der Waals surface area contributed by atoms with Gasteiger partial charge in [0.15, 0.2) is 0 Å². The van der Waals surface area contributed by atoms with Crippen molar-refractivity contribution in [2.75, 3.05) is 0 Å². The van der Waals surface area contributed by atoms with Crippen LogP contribution in [0.25, 0.3) is 0 Å². The predicted octanol–water partition coefficient (Wildman–Crippen LogP) is 4.63. The highest BCUT2D eigenvalue weighted by Gasteiger charge is 2.44. The minimum Gasteiger partial charge on any atom is -0.273 e. The van der Waals surface area contributed by atoms with Crippen LogP contribution < -0.4 is 5.43 Å². The Morgan fingerprint density at radius 2 is 1.68 bits per heavy atom. The second-order valence-electron chi connectivity index (χ2n) is 7.86. The fourth-order valence-corrected chi connectivity index (χ4v) is 3.05. The number of hydrogen-bond acceptors (Lipinski definition) is 2. The van der Waals surface area contributed by atoms with Crippen LogP contribution in [0, 0.1) is 5.92 Å². The molecule has 1 N–H and O–H groups in total. The third kappa shape index (κ3) is 4.16. The number of nitrogens with one attached hydrogen (secondary N) is 1. The van der Waals surface area contributed by atoms with Gasteiger partial charge in [-0.1, -0.05) is 75.4 Å². The van der Waals surface area contributed by atoms with Crippen molar-refractivity contribution in [3.05, 3.63) is 71.3 Å². The van der Waals surface area contributed by atoms with Gasteiger partial charge in [-0.3, -0.25) is 4.79 Å². The number of amides is 1. The summed E-state index contributed by atoms with van der Waals surface area (Å²) in [6.45, 7) is 8.54. The van der Waals surface area contributed by atoms with Crippen LogP contribution in [0.3, 0.4) is 0 Å². The molecule has 1 aliphatic carbocycles. The van der Waals surface area contributed by atoms with Crippen LogP contribution in [-0.4, -0.2) is 11.6 Å². The first-order valence-electron chi connectivity index (χ1n) is 8.86. The first kappa shape index (κ1) is 17.4. The van der Waals surface area contributed by atoms with Crippen molar-refractivity contribution >= 4 is 11.6 Å². The molecule has 0 aliphatic heterocycles. The maximum absolute atomic E-state index is 12.3. The van der Waals surface area contributed by atoms with Gasteiger partial charge in [0.2, 0.25) is 5.91 Å². The fourth-order valence-electron chi connectivity index (χ4n) is 3.05. The molecule has 0 radical (unpaired) electrons. The third-order valence-corrected chi connectivity index (χ3v) is 4.86. The molecule has 25 heavy (non-hydrogen) atoms. The summed E-state index contributed by atoms with van der Waals surface area (Å²) < 4.78 is 0. The standard InChI is InChI=1S/C22H26N2O/c1-15(16-8-6-5-7-9-16)23-24-21(25)20-14-19(20)17-10-12-18(13-11-17)22(2,3)4/h5-13,19-20H,14H2,1-4H3,(H,24,25). The van der Waals surface area contributed by atoms with E-state index < -0.39 is 0 Å². The normalized spacial score (nSPS) is 20.2. The van der Waals surface area contributed by atoms with Crippen LogP contribution in [0.1, 0.15) is 56.7 Å². The van der Waals surface area contributed by atoms with Crippen LogP contribution in [0.5, 0.6) is 0 Å². The molecule has 0 saturated heterocycles. The third-order valence-electron chi connectivity index (χ3n) is 4.86. The summed E-state index contributed by atoms with van der Waals surface area (Å²) in [5, 5.41) is 4.25. The first-order chi connectivity index (χ1) is 11.9. The lowest BCUT2D eigenvalue weighted by atomic mass is 9.86. The van der Waals surface area contributed by atoms with Gasteiger partial charge in [0.25, 0.3) is 0 Å². The highest BCUT2D eigenvalue weighted by molar-refractivity contribution is 5.99. The molecule has 2 atom stereocenters. The number of hydrogen-bond donors (Lipinski definition) is 1. The minimum atomic E-state index is 0.0141. The smallest absolute Gasteiger partial charge is 0.243 e. The van der Waals surface area contributed by atoms with E-state index >= 15 is 0 Å². The molecule has 2 aromatic carbocycles. The summed E-state index contributed by atoms with van der Waals surface area (Å²) >= 11 is 0. The predicted molar refractivity (Wildman–Crippen MR) is 103 cm³/mol. The molecular formula is C22H26N2O. The first-order valence-corrected chi connectivity index (χ1v) is 8.86. The van der Waals surface area contributed by atoms with E-state index in [4.69, 9.17) is 0 Å². The summed E-state index contributed by atoms with van der Waals surface area (Å²) in [5.41, 5.74) is 7.29. The maximum Gasteiger partial charge on any atom is 0.243 e. The van der Waals surface area contributed by atoms with Gasteiger partial charge in [-0.15, -0.1) is 0 Å². The quantitative estimate of drug-likeness (QED) is 0.643. The second kappa shape index (κ2) is 6.83. The molecule has 1 saturated carbocycles. The van der Waals surface area contributed by atoms with E-state index in [1.54, 1.807) is 0 Å². The van der Waals surface area contributed by atoms with Gasteiger partial charge in [0.1, 0.15) is 0 Å². The summed E-state index contributed by atoms with van der Waals surface area (Å²) in [5.74, 6) is 0.370. The number of benzene rings is 2. The molecular weight excluding hydrogens is 308 g/mol. The minimum absolute atomic E-state index is 0.0141. The Morgan fingerprint density at radius 3 is 2.28 bits per heavy atom. The number of rotatable bonds is 4. The summed E-state index contributed by atoms with van der Waals surface area (Å²) in [7, 11) is 0. The Kier molecular flexibility index (Phi) is 4.76. The Balaban J connectivity index is 1.59. The maximum atomic E-state index is 12.3. The second-order valence-corrected chi connectivity index (χ2v) is 7.86. The van der Waals surface area contributed by atoms with Gasteiger partial charge in [-0.05, 0) is 41.4 Å². The van der Waals surface area contributed by atoms with Gasteiger partial charge in [-0.25, -0.2) is 5.43 Å². The van der Waals surface area contributed by atoms with Crippen LogP contribution in [0.4, 0.5) is 0 Å².